The molecule has 2 aromatic carbocycles. The monoisotopic (exact) mass is 773 g/mol. The molecular weight excluding hydrogens is 727 g/mol. The lowest BCUT2D eigenvalue weighted by molar-refractivity contribution is -0.142. The van der Waals surface area contributed by atoms with Crippen molar-refractivity contribution in [2.24, 2.45) is 11.3 Å². The fourth-order valence-electron chi connectivity index (χ4n) is 6.84. The minimum atomic E-state index is -3.92. The maximum atomic E-state index is 14.5. The Bertz CT molecular complexity index is 2120. The molecule has 3 aromatic rings. The molecule has 0 radical (unpaired) electrons. The SMILES string of the molecule is C=CCOC(=O)NC(C(=O)N1CC(Oc2cc(-c3ccccc3)nc3cc(OC)ccc23)CC1C(=O)NC1(C(=O)NS(=O)(=O)C2CC2)CC1C=C)C(C)(C)C. The highest BCUT2D eigenvalue weighted by molar-refractivity contribution is 7.91. The van der Waals surface area contributed by atoms with Crippen molar-refractivity contribution >= 4 is 44.7 Å². The van der Waals surface area contributed by atoms with Gasteiger partial charge >= 0.3 is 6.09 Å². The number of aromatic nitrogens is 1. The molecule has 2 saturated carbocycles. The van der Waals surface area contributed by atoms with E-state index in [-0.39, 0.29) is 26.0 Å². The van der Waals surface area contributed by atoms with Gasteiger partial charge in [0.05, 0.1) is 30.1 Å². The molecule has 3 aliphatic rings. The number of nitrogens with one attached hydrogen (secondary N) is 3. The second kappa shape index (κ2) is 15.4. The molecule has 3 N–H and O–H groups in total. The van der Waals surface area contributed by atoms with E-state index >= 15 is 0 Å². The summed E-state index contributed by atoms with van der Waals surface area (Å²) in [6, 6.07) is 14.4. The second-order valence-electron chi connectivity index (χ2n) is 15.2. The number of fused-ring (bicyclic) bond motifs is 1. The first-order valence-corrected chi connectivity index (χ1v) is 19.7. The van der Waals surface area contributed by atoms with Gasteiger partial charge in [-0.25, -0.2) is 18.2 Å². The van der Waals surface area contributed by atoms with Gasteiger partial charge in [-0.15, -0.1) is 6.58 Å². The number of nitrogens with zero attached hydrogens (tertiary/aromatic N) is 2. The summed E-state index contributed by atoms with van der Waals surface area (Å²) < 4.78 is 44.9. The topological polar surface area (TPSA) is 182 Å². The predicted molar refractivity (Wildman–Crippen MR) is 205 cm³/mol. The highest BCUT2D eigenvalue weighted by Crippen LogP contribution is 2.46. The summed E-state index contributed by atoms with van der Waals surface area (Å²) in [6.07, 6.45) is 2.35. The number of ether oxygens (including phenoxy) is 3. The van der Waals surface area contributed by atoms with E-state index in [9.17, 15) is 27.6 Å². The summed E-state index contributed by atoms with van der Waals surface area (Å²) in [5, 5.41) is 5.47. The molecule has 2 heterocycles. The standard InChI is InChI=1S/C40H47N5O9S/c1-7-18-53-38(49)42-34(39(3,4)5)36(47)45-23-27(20-32(45)35(46)43-40(22-25(40)8-2)37(48)44-55(50,51)28-15-16-28)54-33-21-30(24-12-10-9-11-13-24)41-31-19-26(52-6)14-17-29(31)33/h7-14,17,19,21,25,27-28,32,34H,1-2,15-16,18,20,22-23H2,3-6H3,(H,42,49)(H,43,46)(H,44,48). The summed E-state index contributed by atoms with van der Waals surface area (Å²) in [7, 11) is -2.35. The number of likely N-dealkylation sites (tertiary alicyclic amines) is 1. The van der Waals surface area contributed by atoms with Crippen molar-refractivity contribution < 1.29 is 41.8 Å². The van der Waals surface area contributed by atoms with E-state index in [1.165, 1.54) is 17.1 Å². The van der Waals surface area contributed by atoms with Crippen LogP contribution in [0.25, 0.3) is 22.2 Å². The Hall–Kier alpha value is -5.44. The smallest absolute Gasteiger partial charge is 0.408 e. The highest BCUT2D eigenvalue weighted by Gasteiger charge is 2.62. The molecule has 55 heavy (non-hydrogen) atoms. The number of carbonyl (C=O) groups excluding carboxylic acids is 4. The molecule has 0 spiro atoms. The van der Waals surface area contributed by atoms with Gasteiger partial charge in [0.15, 0.2) is 0 Å². The summed E-state index contributed by atoms with van der Waals surface area (Å²) >= 11 is 0. The van der Waals surface area contributed by atoms with E-state index < -0.39 is 74.1 Å². The quantitative estimate of drug-likeness (QED) is 0.200. The Morgan fingerprint density at radius 3 is 2.42 bits per heavy atom. The third-order valence-electron chi connectivity index (χ3n) is 10.1. The van der Waals surface area contributed by atoms with Crippen molar-refractivity contribution in [3.05, 3.63) is 79.9 Å². The van der Waals surface area contributed by atoms with Gasteiger partial charge in [-0.05, 0) is 36.8 Å². The van der Waals surface area contributed by atoms with Crippen LogP contribution >= 0.6 is 0 Å². The van der Waals surface area contributed by atoms with Gasteiger partial charge in [0, 0.05) is 35.4 Å². The number of carbonyl (C=O) groups is 4. The maximum Gasteiger partial charge on any atom is 0.408 e. The van der Waals surface area contributed by atoms with Gasteiger partial charge in [-0.3, -0.25) is 19.1 Å². The Labute approximate surface area is 320 Å². The van der Waals surface area contributed by atoms with Gasteiger partial charge in [0.25, 0.3) is 5.91 Å². The van der Waals surface area contributed by atoms with E-state index in [0.29, 0.717) is 40.9 Å². The number of hydrogen-bond acceptors (Lipinski definition) is 10. The minimum Gasteiger partial charge on any atom is -0.497 e. The number of hydrogen-bond donors (Lipinski definition) is 3. The van der Waals surface area contributed by atoms with Crippen LogP contribution < -0.4 is 24.8 Å². The van der Waals surface area contributed by atoms with E-state index in [1.807, 2.05) is 36.4 Å². The number of sulfonamides is 1. The van der Waals surface area contributed by atoms with Crippen molar-refractivity contribution in [3.63, 3.8) is 0 Å². The van der Waals surface area contributed by atoms with Gasteiger partial charge < -0.3 is 29.7 Å². The van der Waals surface area contributed by atoms with Crippen LogP contribution in [0, 0.1) is 11.3 Å². The van der Waals surface area contributed by atoms with Gasteiger partial charge in [0.2, 0.25) is 21.8 Å². The number of amides is 4. The zero-order valence-electron chi connectivity index (χ0n) is 31.4. The molecular formula is C40H47N5O9S. The van der Waals surface area contributed by atoms with Crippen LogP contribution in [0.1, 0.15) is 46.5 Å². The summed E-state index contributed by atoms with van der Waals surface area (Å²) in [5.41, 5.74) is -0.337. The Balaban J connectivity index is 1.34. The Kier molecular flexibility index (Phi) is 11.0. The van der Waals surface area contributed by atoms with Crippen molar-refractivity contribution in [1.82, 2.24) is 25.2 Å². The molecule has 1 saturated heterocycles. The first-order valence-electron chi connectivity index (χ1n) is 18.2. The fraction of sp³-hybridized carbons (Fsp3) is 0.425. The molecule has 292 valence electrons. The Morgan fingerprint density at radius 2 is 1.80 bits per heavy atom. The lowest BCUT2D eigenvalue weighted by atomic mass is 9.85. The van der Waals surface area contributed by atoms with Gasteiger partial charge in [-0.1, -0.05) is 69.8 Å². The molecule has 2 aliphatic carbocycles. The average molecular weight is 774 g/mol. The summed E-state index contributed by atoms with van der Waals surface area (Å²) in [6.45, 7) is 12.5. The van der Waals surface area contributed by atoms with Crippen LogP contribution in [0.15, 0.2) is 79.9 Å². The Morgan fingerprint density at radius 1 is 1.07 bits per heavy atom. The lowest BCUT2D eigenvalue weighted by Crippen LogP contribution is -2.60. The second-order valence-corrected chi connectivity index (χ2v) is 17.2. The third-order valence-corrected chi connectivity index (χ3v) is 12.0. The predicted octanol–water partition coefficient (Wildman–Crippen LogP) is 4.25. The van der Waals surface area contributed by atoms with Crippen molar-refractivity contribution in [2.45, 2.75) is 75.4 Å². The molecule has 5 atom stereocenters. The van der Waals surface area contributed by atoms with Crippen molar-refractivity contribution in [1.29, 1.82) is 0 Å². The lowest BCUT2D eigenvalue weighted by Gasteiger charge is -2.35. The number of methoxy groups -OCH3 is 1. The first kappa shape index (κ1) is 39.3. The minimum absolute atomic E-state index is 0.00676. The zero-order valence-corrected chi connectivity index (χ0v) is 32.2. The summed E-state index contributed by atoms with van der Waals surface area (Å²) in [5.74, 6) is -1.60. The van der Waals surface area contributed by atoms with Crippen molar-refractivity contribution in [2.75, 3.05) is 20.3 Å². The molecule has 14 nitrogen and oxygen atoms in total. The van der Waals surface area contributed by atoms with Crippen LogP contribution in [-0.4, -0.2) is 91.4 Å². The van der Waals surface area contributed by atoms with Gasteiger partial charge in [-0.2, -0.15) is 0 Å². The normalized spacial score (nSPS) is 22.5. The van der Waals surface area contributed by atoms with Crippen LogP contribution in [0.3, 0.4) is 0 Å². The molecule has 15 heteroatoms. The van der Waals surface area contributed by atoms with E-state index in [2.05, 4.69) is 28.5 Å². The third kappa shape index (κ3) is 8.46. The number of pyridine rings is 1. The molecule has 6 rings (SSSR count). The highest BCUT2D eigenvalue weighted by atomic mass is 32.2. The summed E-state index contributed by atoms with van der Waals surface area (Å²) in [4.78, 5) is 61.4. The van der Waals surface area contributed by atoms with E-state index in [4.69, 9.17) is 19.2 Å². The molecule has 0 bridgehead atoms. The van der Waals surface area contributed by atoms with Crippen LogP contribution in [0.5, 0.6) is 11.5 Å². The van der Waals surface area contributed by atoms with Crippen LogP contribution in [0.4, 0.5) is 4.79 Å². The largest absolute Gasteiger partial charge is 0.497 e. The number of benzene rings is 2. The average Bonchev–Trinajstić information content (AvgIpc) is 4.09. The number of rotatable bonds is 14. The van der Waals surface area contributed by atoms with E-state index in [1.54, 1.807) is 46.1 Å². The molecule has 1 aromatic heterocycles. The molecule has 5 unspecified atom stereocenters. The molecule has 4 amide bonds. The fourth-order valence-corrected chi connectivity index (χ4v) is 8.20. The number of alkyl carbamates (subject to hydrolysis) is 1. The van der Waals surface area contributed by atoms with E-state index in [0.717, 1.165) is 5.56 Å². The first-order chi connectivity index (χ1) is 26.1. The van der Waals surface area contributed by atoms with Crippen LogP contribution in [0.2, 0.25) is 0 Å². The zero-order chi connectivity index (χ0) is 39.7. The van der Waals surface area contributed by atoms with Crippen LogP contribution in [-0.2, 0) is 29.1 Å². The van der Waals surface area contributed by atoms with Crippen molar-refractivity contribution in [3.8, 4) is 22.8 Å². The molecule has 1 aliphatic heterocycles. The van der Waals surface area contributed by atoms with Gasteiger partial charge in [0.1, 0.15) is 41.8 Å². The molecule has 3 fully saturated rings. The maximum absolute atomic E-state index is 14.5.